The van der Waals surface area contributed by atoms with Crippen molar-refractivity contribution >= 4 is 5.91 Å². The number of amides is 1. The Morgan fingerprint density at radius 3 is 2.53 bits per heavy atom. The van der Waals surface area contributed by atoms with Crippen molar-refractivity contribution in [3.8, 4) is 0 Å². The summed E-state index contributed by atoms with van der Waals surface area (Å²) in [5, 5.41) is 3.31. The number of hydrogen-bond donors (Lipinski definition) is 1. The highest BCUT2D eigenvalue weighted by atomic mass is 16.1. The summed E-state index contributed by atoms with van der Waals surface area (Å²) in [5.74, 6) is 5.98. The summed E-state index contributed by atoms with van der Waals surface area (Å²) in [4.78, 5) is 12.1. The Morgan fingerprint density at radius 1 is 1.07 bits per heavy atom. The van der Waals surface area contributed by atoms with E-state index in [-0.39, 0.29) is 11.3 Å². The molecule has 8 atom stereocenters. The van der Waals surface area contributed by atoms with Crippen LogP contribution in [0.15, 0.2) is 11.8 Å². The van der Waals surface area contributed by atoms with Crippen LogP contribution in [0, 0.1) is 52.3 Å². The van der Waals surface area contributed by atoms with Crippen molar-refractivity contribution in [2.75, 3.05) is 0 Å². The molecular weight excluding hydrogens is 366 g/mol. The van der Waals surface area contributed by atoms with Crippen LogP contribution < -0.4 is 5.32 Å². The number of nitrogens with one attached hydrogen (secondary N) is 1. The molecule has 2 saturated carbocycles. The lowest BCUT2D eigenvalue weighted by Crippen LogP contribution is -2.55. The van der Waals surface area contributed by atoms with E-state index >= 15 is 0 Å². The summed E-state index contributed by atoms with van der Waals surface area (Å²) in [6.45, 7) is 14.8. The van der Waals surface area contributed by atoms with Crippen LogP contribution in [0.2, 0.25) is 0 Å². The minimum atomic E-state index is 0.201. The Hall–Kier alpha value is -0.790. The molecule has 1 N–H and O–H groups in total. The molecule has 1 aliphatic heterocycles. The minimum Gasteiger partial charge on any atom is -0.330 e. The number of rotatable bonds is 6. The third-order valence-corrected chi connectivity index (χ3v) is 10.5. The van der Waals surface area contributed by atoms with Crippen LogP contribution in [0.3, 0.4) is 0 Å². The maximum atomic E-state index is 12.1. The zero-order valence-electron chi connectivity index (χ0n) is 20.6. The average molecular weight is 414 g/mol. The van der Waals surface area contributed by atoms with Gasteiger partial charge in [0.05, 0.1) is 0 Å². The van der Waals surface area contributed by atoms with Crippen LogP contribution in [0.4, 0.5) is 0 Å². The van der Waals surface area contributed by atoms with Crippen molar-refractivity contribution in [2.24, 2.45) is 52.3 Å². The molecule has 1 amide bonds. The summed E-state index contributed by atoms with van der Waals surface area (Å²) in [5.41, 5.74) is 2.02. The summed E-state index contributed by atoms with van der Waals surface area (Å²) >= 11 is 0. The van der Waals surface area contributed by atoms with Gasteiger partial charge in [-0.25, -0.2) is 0 Å². The minimum absolute atomic E-state index is 0.201. The quantitative estimate of drug-likeness (QED) is 0.484. The van der Waals surface area contributed by atoms with E-state index in [1.54, 1.807) is 0 Å². The van der Waals surface area contributed by atoms with Crippen LogP contribution in [-0.2, 0) is 4.79 Å². The molecule has 2 heteroatoms. The zero-order valence-corrected chi connectivity index (χ0v) is 20.6. The molecule has 7 unspecified atom stereocenters. The second-order valence-electron chi connectivity index (χ2n) is 12.4. The highest BCUT2D eigenvalue weighted by molar-refractivity contribution is 5.79. The molecule has 0 radical (unpaired) electrons. The number of carbonyl (C=O) groups excluding carboxylic acids is 1. The van der Waals surface area contributed by atoms with Crippen LogP contribution in [0.25, 0.3) is 0 Å². The van der Waals surface area contributed by atoms with Crippen LogP contribution in [-0.4, -0.2) is 5.91 Å². The van der Waals surface area contributed by atoms with E-state index in [1.165, 1.54) is 57.1 Å². The average Bonchev–Trinajstić information content (AvgIpc) is 3.05. The highest BCUT2D eigenvalue weighted by Gasteiger charge is 2.61. The van der Waals surface area contributed by atoms with Gasteiger partial charge < -0.3 is 5.32 Å². The van der Waals surface area contributed by atoms with Crippen molar-refractivity contribution < 1.29 is 4.79 Å². The standard InChI is InChI=1S/C28H47NO/c1-7-20-17-24-28(6,16-14-25(30)29-24)23-13-15-27(5)21(11-12-22(27)26(20)23)19(4)10-8-9-18(2)3/h17-23,26H,7-16H2,1-6H3,(H,29,30)/t19?,20?,21?,22?,23?,26?,27?,28-/m1/s1. The van der Waals surface area contributed by atoms with Crippen LogP contribution >= 0.6 is 0 Å². The highest BCUT2D eigenvalue weighted by Crippen LogP contribution is 2.67. The summed E-state index contributed by atoms with van der Waals surface area (Å²) in [6, 6.07) is 0. The van der Waals surface area contributed by atoms with Gasteiger partial charge in [0, 0.05) is 17.5 Å². The SMILES string of the molecule is CCC1C=C2NC(=O)CC[C@]2(C)C2CCC3(C)C(C(C)CCCC(C)C)CCC3C12. The molecule has 0 spiro atoms. The van der Waals surface area contributed by atoms with E-state index in [9.17, 15) is 4.79 Å². The number of fused-ring (bicyclic) bond motifs is 5. The first kappa shape index (κ1) is 22.4. The van der Waals surface area contributed by atoms with Gasteiger partial charge in [-0.15, -0.1) is 0 Å². The monoisotopic (exact) mass is 413 g/mol. The van der Waals surface area contributed by atoms with Gasteiger partial charge in [-0.05, 0) is 85.4 Å². The molecule has 3 fully saturated rings. The molecular formula is C28H47NO. The molecule has 30 heavy (non-hydrogen) atoms. The van der Waals surface area contributed by atoms with Crippen molar-refractivity contribution in [1.82, 2.24) is 5.32 Å². The third kappa shape index (κ3) is 3.58. The summed E-state index contributed by atoms with van der Waals surface area (Å²) < 4.78 is 0. The van der Waals surface area contributed by atoms with Gasteiger partial charge in [-0.2, -0.15) is 0 Å². The van der Waals surface area contributed by atoms with E-state index < -0.39 is 0 Å². The fraction of sp³-hybridized carbons (Fsp3) is 0.893. The maximum absolute atomic E-state index is 12.1. The second kappa shape index (κ2) is 8.28. The van der Waals surface area contributed by atoms with Crippen molar-refractivity contribution in [3.63, 3.8) is 0 Å². The van der Waals surface area contributed by atoms with Crippen molar-refractivity contribution in [2.45, 2.75) is 106 Å². The first-order valence-electron chi connectivity index (χ1n) is 13.2. The second-order valence-corrected chi connectivity index (χ2v) is 12.4. The van der Waals surface area contributed by atoms with Crippen molar-refractivity contribution in [1.29, 1.82) is 0 Å². The molecule has 1 heterocycles. The number of allylic oxidation sites excluding steroid dienone is 2. The molecule has 4 aliphatic rings. The largest absolute Gasteiger partial charge is 0.330 e. The van der Waals surface area contributed by atoms with Gasteiger partial charge in [0.15, 0.2) is 0 Å². The van der Waals surface area contributed by atoms with E-state index in [4.69, 9.17) is 0 Å². The van der Waals surface area contributed by atoms with Gasteiger partial charge in [-0.3, -0.25) is 4.79 Å². The lowest BCUT2D eigenvalue weighted by atomic mass is 9.46. The molecule has 0 aromatic heterocycles. The fourth-order valence-electron chi connectivity index (χ4n) is 8.76. The van der Waals surface area contributed by atoms with E-state index in [0.717, 1.165) is 41.9 Å². The van der Waals surface area contributed by atoms with Crippen LogP contribution in [0.1, 0.15) is 106 Å². The molecule has 170 valence electrons. The fourth-order valence-corrected chi connectivity index (χ4v) is 8.76. The number of carbonyl (C=O) groups is 1. The van der Waals surface area contributed by atoms with Crippen molar-refractivity contribution in [3.05, 3.63) is 11.8 Å². The Kier molecular flexibility index (Phi) is 6.19. The zero-order chi connectivity index (χ0) is 21.7. The number of hydrogen-bond acceptors (Lipinski definition) is 1. The smallest absolute Gasteiger partial charge is 0.224 e. The maximum Gasteiger partial charge on any atom is 0.224 e. The third-order valence-electron chi connectivity index (χ3n) is 10.5. The first-order valence-corrected chi connectivity index (χ1v) is 13.2. The molecule has 2 nitrogen and oxygen atoms in total. The van der Waals surface area contributed by atoms with Gasteiger partial charge in [0.2, 0.25) is 5.91 Å². The lowest BCUT2D eigenvalue weighted by Gasteiger charge is -2.59. The van der Waals surface area contributed by atoms with Gasteiger partial charge in [0.1, 0.15) is 0 Å². The Labute approximate surface area is 186 Å². The molecule has 0 bridgehead atoms. The Balaban J connectivity index is 1.57. The topological polar surface area (TPSA) is 29.1 Å². The normalized spacial score (nSPS) is 44.0. The molecule has 1 saturated heterocycles. The molecule has 0 aromatic carbocycles. The van der Waals surface area contributed by atoms with E-state index in [0.29, 0.717) is 17.8 Å². The van der Waals surface area contributed by atoms with Gasteiger partial charge in [0.25, 0.3) is 0 Å². The van der Waals surface area contributed by atoms with E-state index in [2.05, 4.69) is 52.9 Å². The van der Waals surface area contributed by atoms with Crippen LogP contribution in [0.5, 0.6) is 0 Å². The number of piperidine rings is 1. The summed E-state index contributed by atoms with van der Waals surface area (Å²) in [7, 11) is 0. The van der Waals surface area contributed by atoms with Gasteiger partial charge in [-0.1, -0.05) is 66.9 Å². The Bertz CT molecular complexity index is 680. The predicted molar refractivity (Wildman–Crippen MR) is 126 cm³/mol. The molecule has 0 aromatic rings. The van der Waals surface area contributed by atoms with Gasteiger partial charge >= 0.3 is 0 Å². The first-order chi connectivity index (χ1) is 14.2. The molecule has 3 aliphatic carbocycles. The predicted octanol–water partition coefficient (Wildman–Crippen LogP) is 7.35. The Morgan fingerprint density at radius 2 is 1.83 bits per heavy atom. The summed E-state index contributed by atoms with van der Waals surface area (Å²) in [6.07, 6.45) is 15.4. The molecule has 4 rings (SSSR count). The lowest BCUT2D eigenvalue weighted by molar-refractivity contribution is -0.126. The van der Waals surface area contributed by atoms with E-state index in [1.807, 2.05) is 0 Å².